The van der Waals surface area contributed by atoms with E-state index in [0.717, 1.165) is 5.56 Å². The van der Waals surface area contributed by atoms with Crippen LogP contribution >= 0.6 is 11.6 Å². The van der Waals surface area contributed by atoms with Crippen LogP contribution in [0.25, 0.3) is 10.9 Å². The molecule has 0 aliphatic rings. The highest BCUT2D eigenvalue weighted by molar-refractivity contribution is 7.91. The topological polar surface area (TPSA) is 59.1 Å². The van der Waals surface area contributed by atoms with E-state index in [0.29, 0.717) is 28.2 Å². The molecular weight excluding hydrogens is 411 g/mol. The van der Waals surface area contributed by atoms with Crippen molar-refractivity contribution in [2.75, 3.05) is 5.32 Å². The zero-order valence-corrected chi connectivity index (χ0v) is 16.7. The van der Waals surface area contributed by atoms with Gasteiger partial charge in [-0.2, -0.15) is 0 Å². The molecule has 0 aliphatic carbocycles. The van der Waals surface area contributed by atoms with Crippen LogP contribution in [0.5, 0.6) is 0 Å². The maximum absolute atomic E-state index is 14.0. The van der Waals surface area contributed by atoms with Crippen molar-refractivity contribution in [3.05, 3.63) is 95.4 Å². The molecule has 0 saturated heterocycles. The molecule has 1 aromatic heterocycles. The van der Waals surface area contributed by atoms with E-state index in [9.17, 15) is 12.8 Å². The summed E-state index contributed by atoms with van der Waals surface area (Å²) in [5.41, 5.74) is 1.77. The van der Waals surface area contributed by atoms with Gasteiger partial charge in [0, 0.05) is 23.2 Å². The maximum atomic E-state index is 14.0. The van der Waals surface area contributed by atoms with Crippen LogP contribution in [0.4, 0.5) is 10.1 Å². The van der Waals surface area contributed by atoms with Crippen LogP contribution in [0.3, 0.4) is 0 Å². The fourth-order valence-corrected chi connectivity index (χ4v) is 4.58. The number of hydrogen-bond donors (Lipinski definition) is 1. The lowest BCUT2D eigenvalue weighted by atomic mass is 10.1. The van der Waals surface area contributed by atoms with Crippen LogP contribution in [0, 0.1) is 5.82 Å². The van der Waals surface area contributed by atoms with Gasteiger partial charge in [0.05, 0.1) is 16.1 Å². The molecule has 0 fully saturated rings. The van der Waals surface area contributed by atoms with E-state index in [2.05, 4.69) is 10.3 Å². The minimum Gasteiger partial charge on any atom is -0.379 e. The summed E-state index contributed by atoms with van der Waals surface area (Å²) in [4.78, 5) is 4.30. The minimum absolute atomic E-state index is 0.0196. The Bertz CT molecular complexity index is 1280. The van der Waals surface area contributed by atoms with E-state index >= 15 is 0 Å². The molecule has 0 bridgehead atoms. The predicted molar refractivity (Wildman–Crippen MR) is 112 cm³/mol. The van der Waals surface area contributed by atoms with Crippen molar-refractivity contribution in [2.24, 2.45) is 0 Å². The number of fused-ring (bicyclic) bond motifs is 1. The monoisotopic (exact) mass is 426 g/mol. The predicted octanol–water partition coefficient (Wildman–Crippen LogP) is 5.47. The van der Waals surface area contributed by atoms with Crippen molar-refractivity contribution in [1.29, 1.82) is 0 Å². The van der Waals surface area contributed by atoms with Crippen LogP contribution in [0.2, 0.25) is 5.02 Å². The summed E-state index contributed by atoms with van der Waals surface area (Å²) in [7, 11) is -3.90. The summed E-state index contributed by atoms with van der Waals surface area (Å²) >= 11 is 5.89. The van der Waals surface area contributed by atoms with Crippen molar-refractivity contribution in [3.63, 3.8) is 0 Å². The van der Waals surface area contributed by atoms with Gasteiger partial charge >= 0.3 is 0 Å². The molecule has 146 valence electrons. The normalized spacial score (nSPS) is 11.5. The summed E-state index contributed by atoms with van der Waals surface area (Å²) < 4.78 is 40.5. The van der Waals surface area contributed by atoms with Gasteiger partial charge in [0.25, 0.3) is 0 Å². The molecule has 0 unspecified atom stereocenters. The molecular formula is C22H16ClFN2O2S. The molecule has 0 aliphatic heterocycles. The molecule has 1 heterocycles. The first kappa shape index (κ1) is 19.4. The average molecular weight is 427 g/mol. The van der Waals surface area contributed by atoms with Gasteiger partial charge in [-0.1, -0.05) is 41.9 Å². The Morgan fingerprint density at radius 1 is 0.966 bits per heavy atom. The van der Waals surface area contributed by atoms with Crippen molar-refractivity contribution in [1.82, 2.24) is 4.98 Å². The number of halogens is 2. The number of nitrogens with one attached hydrogen (secondary N) is 1. The number of sulfone groups is 1. The molecule has 29 heavy (non-hydrogen) atoms. The van der Waals surface area contributed by atoms with Crippen LogP contribution < -0.4 is 5.32 Å². The van der Waals surface area contributed by atoms with Gasteiger partial charge in [-0.3, -0.25) is 4.98 Å². The highest BCUT2D eigenvalue weighted by Crippen LogP contribution is 2.34. The summed E-state index contributed by atoms with van der Waals surface area (Å²) in [5, 5.41) is 4.01. The lowest BCUT2D eigenvalue weighted by molar-refractivity contribution is 0.596. The molecule has 0 amide bonds. The third kappa shape index (κ3) is 3.95. The molecule has 0 radical (unpaired) electrons. The summed E-state index contributed by atoms with van der Waals surface area (Å²) in [6.45, 7) is 0.375. The molecule has 1 N–H and O–H groups in total. The summed E-state index contributed by atoms with van der Waals surface area (Å²) in [6, 6.07) is 19.5. The molecule has 7 heteroatoms. The Morgan fingerprint density at radius 2 is 1.69 bits per heavy atom. The van der Waals surface area contributed by atoms with Crippen LogP contribution in [-0.2, 0) is 16.4 Å². The van der Waals surface area contributed by atoms with Crippen molar-refractivity contribution >= 4 is 38.0 Å². The van der Waals surface area contributed by atoms with Gasteiger partial charge in [0.1, 0.15) is 10.7 Å². The first-order valence-electron chi connectivity index (χ1n) is 8.82. The molecule has 0 spiro atoms. The van der Waals surface area contributed by atoms with Gasteiger partial charge in [-0.15, -0.1) is 0 Å². The van der Waals surface area contributed by atoms with E-state index in [4.69, 9.17) is 11.6 Å². The van der Waals surface area contributed by atoms with Crippen LogP contribution in [0.15, 0.2) is 88.8 Å². The third-order valence-corrected chi connectivity index (χ3v) is 6.55. The largest absolute Gasteiger partial charge is 0.379 e. The van der Waals surface area contributed by atoms with Crippen molar-refractivity contribution in [3.8, 4) is 0 Å². The van der Waals surface area contributed by atoms with Crippen LogP contribution in [0.1, 0.15) is 5.56 Å². The Hall–Kier alpha value is -2.96. The number of anilines is 1. The fraction of sp³-hybridized carbons (Fsp3) is 0.0455. The Kier molecular flexibility index (Phi) is 5.22. The molecule has 4 aromatic rings. The quantitative estimate of drug-likeness (QED) is 0.459. The van der Waals surface area contributed by atoms with Gasteiger partial charge < -0.3 is 5.32 Å². The number of nitrogens with zero attached hydrogens (tertiary/aromatic N) is 1. The molecule has 0 atom stereocenters. The lowest BCUT2D eigenvalue weighted by Crippen LogP contribution is -2.09. The Labute approximate surface area is 172 Å². The first-order valence-corrected chi connectivity index (χ1v) is 10.7. The standard InChI is InChI=1S/C22H16ClFN2O2S/c23-16-6-9-18(10-7-16)29(27,28)21-14-25-20-11-8-17(24)12-19(20)22(21)26-13-15-4-2-1-3-5-15/h1-12,14H,13H2,(H,25,26). The van der Waals surface area contributed by atoms with Gasteiger partial charge in [0.2, 0.25) is 9.84 Å². The maximum Gasteiger partial charge on any atom is 0.210 e. The van der Waals surface area contributed by atoms with E-state index in [1.807, 2.05) is 30.3 Å². The van der Waals surface area contributed by atoms with Gasteiger partial charge in [-0.25, -0.2) is 12.8 Å². The second-order valence-electron chi connectivity index (χ2n) is 6.46. The number of aromatic nitrogens is 1. The van der Waals surface area contributed by atoms with E-state index < -0.39 is 15.7 Å². The average Bonchev–Trinajstić information content (AvgIpc) is 2.73. The first-order chi connectivity index (χ1) is 13.9. The van der Waals surface area contributed by atoms with E-state index in [-0.39, 0.29) is 9.79 Å². The zero-order valence-electron chi connectivity index (χ0n) is 15.1. The van der Waals surface area contributed by atoms with Gasteiger partial charge in [0.15, 0.2) is 0 Å². The zero-order chi connectivity index (χ0) is 20.4. The molecule has 4 nitrogen and oxygen atoms in total. The van der Waals surface area contributed by atoms with Crippen molar-refractivity contribution in [2.45, 2.75) is 16.3 Å². The Morgan fingerprint density at radius 3 is 2.41 bits per heavy atom. The SMILES string of the molecule is O=S(=O)(c1ccc(Cl)cc1)c1cnc2ccc(F)cc2c1NCc1ccccc1. The Balaban J connectivity index is 1.87. The highest BCUT2D eigenvalue weighted by atomic mass is 35.5. The number of rotatable bonds is 5. The number of pyridine rings is 1. The minimum atomic E-state index is -3.90. The van der Waals surface area contributed by atoms with Crippen LogP contribution in [-0.4, -0.2) is 13.4 Å². The van der Waals surface area contributed by atoms with Crippen molar-refractivity contribution < 1.29 is 12.8 Å². The molecule has 0 saturated carbocycles. The second kappa shape index (κ2) is 7.81. The van der Waals surface area contributed by atoms with E-state index in [1.54, 1.807) is 0 Å². The lowest BCUT2D eigenvalue weighted by Gasteiger charge is -2.15. The highest BCUT2D eigenvalue weighted by Gasteiger charge is 2.24. The fourth-order valence-electron chi connectivity index (χ4n) is 3.06. The van der Waals surface area contributed by atoms with E-state index in [1.165, 1.54) is 48.7 Å². The summed E-state index contributed by atoms with van der Waals surface area (Å²) in [5.74, 6) is -0.469. The summed E-state index contributed by atoms with van der Waals surface area (Å²) in [6.07, 6.45) is 1.30. The number of benzene rings is 3. The smallest absolute Gasteiger partial charge is 0.210 e. The molecule has 3 aromatic carbocycles. The third-order valence-electron chi connectivity index (χ3n) is 4.52. The number of hydrogen-bond acceptors (Lipinski definition) is 4. The second-order valence-corrected chi connectivity index (χ2v) is 8.81. The molecule has 4 rings (SSSR count). The van der Waals surface area contributed by atoms with Gasteiger partial charge in [-0.05, 0) is 48.0 Å².